The van der Waals surface area contributed by atoms with Gasteiger partial charge in [-0.05, 0) is 42.7 Å². The molecule has 0 bridgehead atoms. The van der Waals surface area contributed by atoms with Gasteiger partial charge < -0.3 is 4.52 Å². The summed E-state index contributed by atoms with van der Waals surface area (Å²) in [6, 6.07) is 17.8. The topological polar surface area (TPSA) is 82.5 Å². The number of para-hydroxylation sites is 1. The third-order valence-electron chi connectivity index (χ3n) is 4.66. The highest BCUT2D eigenvalue weighted by Crippen LogP contribution is 2.33. The number of nitrogens with zero attached hydrogens (tertiary/aromatic N) is 6. The Morgan fingerprint density at radius 2 is 1.81 bits per heavy atom. The number of aromatic nitrogens is 6. The summed E-state index contributed by atoms with van der Waals surface area (Å²) in [6.45, 7) is 0. The van der Waals surface area contributed by atoms with Gasteiger partial charge in [0.1, 0.15) is 17.2 Å². The standard InChI is InChI=1S/C22H15FN6OS/c1-31-16-6-4-5-15(13-16)21-25-22(30-27-21)19-20(14-9-11-24-12-10-14)29(28-26-19)18-8-3-2-7-17(18)23/h2-13H,1H3. The van der Waals surface area contributed by atoms with Crippen LogP contribution in [0.2, 0.25) is 0 Å². The van der Waals surface area contributed by atoms with Gasteiger partial charge in [0.2, 0.25) is 5.82 Å². The highest BCUT2D eigenvalue weighted by atomic mass is 32.2. The minimum Gasteiger partial charge on any atom is -0.332 e. The minimum absolute atomic E-state index is 0.193. The Morgan fingerprint density at radius 3 is 2.61 bits per heavy atom. The number of rotatable bonds is 5. The van der Waals surface area contributed by atoms with Crippen molar-refractivity contribution in [2.24, 2.45) is 0 Å². The summed E-state index contributed by atoms with van der Waals surface area (Å²) in [5.74, 6) is 0.209. The zero-order valence-electron chi connectivity index (χ0n) is 16.3. The largest absolute Gasteiger partial charge is 0.332 e. The van der Waals surface area contributed by atoms with Crippen molar-refractivity contribution in [1.82, 2.24) is 30.1 Å². The number of pyridine rings is 1. The smallest absolute Gasteiger partial charge is 0.281 e. The van der Waals surface area contributed by atoms with Crippen LogP contribution >= 0.6 is 11.8 Å². The molecule has 0 saturated heterocycles. The number of hydrogen-bond donors (Lipinski definition) is 0. The average Bonchev–Trinajstić information content (AvgIpc) is 3.47. The van der Waals surface area contributed by atoms with E-state index in [1.807, 2.05) is 30.5 Å². The Kier molecular flexibility index (Phi) is 5.01. The molecule has 0 spiro atoms. The van der Waals surface area contributed by atoms with E-state index in [0.717, 1.165) is 16.0 Å². The molecular formula is C22H15FN6OS. The molecule has 0 saturated carbocycles. The van der Waals surface area contributed by atoms with Crippen molar-refractivity contribution in [1.29, 1.82) is 0 Å². The van der Waals surface area contributed by atoms with Crippen molar-refractivity contribution >= 4 is 11.8 Å². The maximum atomic E-state index is 14.5. The van der Waals surface area contributed by atoms with Crippen molar-refractivity contribution in [3.05, 3.63) is 78.9 Å². The van der Waals surface area contributed by atoms with E-state index in [4.69, 9.17) is 4.52 Å². The van der Waals surface area contributed by atoms with Crippen LogP contribution in [0.3, 0.4) is 0 Å². The van der Waals surface area contributed by atoms with E-state index in [1.165, 1.54) is 10.7 Å². The summed E-state index contributed by atoms with van der Waals surface area (Å²) in [6.07, 6.45) is 5.29. The molecule has 0 atom stereocenters. The lowest BCUT2D eigenvalue weighted by Gasteiger charge is -2.08. The highest BCUT2D eigenvalue weighted by Gasteiger charge is 2.24. The van der Waals surface area contributed by atoms with Gasteiger partial charge in [0.05, 0.1) is 0 Å². The fraction of sp³-hybridized carbons (Fsp3) is 0.0455. The molecular weight excluding hydrogens is 415 g/mol. The average molecular weight is 430 g/mol. The first kappa shape index (κ1) is 19.1. The van der Waals surface area contributed by atoms with Crippen molar-refractivity contribution < 1.29 is 8.91 Å². The van der Waals surface area contributed by atoms with Crippen molar-refractivity contribution in [3.8, 4) is 39.9 Å². The summed E-state index contributed by atoms with van der Waals surface area (Å²) in [4.78, 5) is 9.68. The molecule has 0 aliphatic heterocycles. The number of benzene rings is 2. The van der Waals surface area contributed by atoms with Crippen LogP contribution in [-0.2, 0) is 0 Å². The van der Waals surface area contributed by atoms with E-state index in [1.54, 1.807) is 54.5 Å². The molecule has 5 aromatic rings. The zero-order valence-corrected chi connectivity index (χ0v) is 17.1. The second-order valence-electron chi connectivity index (χ2n) is 6.54. The summed E-state index contributed by atoms with van der Waals surface area (Å²) < 4.78 is 21.5. The van der Waals surface area contributed by atoms with Crippen LogP contribution in [0.1, 0.15) is 0 Å². The molecule has 0 fully saturated rings. The summed E-state index contributed by atoms with van der Waals surface area (Å²) >= 11 is 1.63. The minimum atomic E-state index is -0.422. The third kappa shape index (κ3) is 3.59. The molecule has 31 heavy (non-hydrogen) atoms. The van der Waals surface area contributed by atoms with Gasteiger partial charge in [-0.15, -0.1) is 16.9 Å². The number of hydrogen-bond acceptors (Lipinski definition) is 7. The van der Waals surface area contributed by atoms with E-state index in [-0.39, 0.29) is 11.6 Å². The van der Waals surface area contributed by atoms with Gasteiger partial charge in [-0.3, -0.25) is 4.98 Å². The van der Waals surface area contributed by atoms with Crippen LogP contribution in [-0.4, -0.2) is 36.4 Å². The monoisotopic (exact) mass is 430 g/mol. The lowest BCUT2D eigenvalue weighted by molar-refractivity contribution is 0.431. The van der Waals surface area contributed by atoms with Crippen molar-refractivity contribution in [2.45, 2.75) is 4.90 Å². The molecule has 0 aliphatic rings. The molecule has 152 valence electrons. The van der Waals surface area contributed by atoms with E-state index in [9.17, 15) is 4.39 Å². The summed E-state index contributed by atoms with van der Waals surface area (Å²) in [5.41, 5.74) is 2.71. The Hall–Kier alpha value is -3.85. The zero-order chi connectivity index (χ0) is 21.2. The Bertz CT molecular complexity index is 1350. The molecule has 0 unspecified atom stereocenters. The van der Waals surface area contributed by atoms with E-state index < -0.39 is 5.82 Å². The van der Waals surface area contributed by atoms with Crippen LogP contribution in [0.15, 0.2) is 82.5 Å². The SMILES string of the molecule is CSc1cccc(-c2noc(-c3nnn(-c4ccccc4F)c3-c3ccncc3)n2)c1. The molecule has 3 aromatic heterocycles. The van der Waals surface area contributed by atoms with Crippen molar-refractivity contribution in [3.63, 3.8) is 0 Å². The van der Waals surface area contributed by atoms with Gasteiger partial charge in [-0.25, -0.2) is 9.07 Å². The van der Waals surface area contributed by atoms with Gasteiger partial charge in [-0.1, -0.05) is 34.6 Å². The van der Waals surface area contributed by atoms with Crippen molar-refractivity contribution in [2.75, 3.05) is 6.26 Å². The molecule has 5 rings (SSSR count). The van der Waals surface area contributed by atoms with E-state index in [0.29, 0.717) is 17.2 Å². The highest BCUT2D eigenvalue weighted by molar-refractivity contribution is 7.98. The quantitative estimate of drug-likeness (QED) is 0.367. The van der Waals surface area contributed by atoms with Crippen LogP contribution < -0.4 is 0 Å². The molecule has 3 heterocycles. The molecule has 0 N–H and O–H groups in total. The normalized spacial score (nSPS) is 11.0. The first-order valence-corrected chi connectivity index (χ1v) is 10.6. The Labute approximate surface area is 181 Å². The third-order valence-corrected chi connectivity index (χ3v) is 5.39. The van der Waals surface area contributed by atoms with Gasteiger partial charge in [0.25, 0.3) is 5.89 Å². The van der Waals surface area contributed by atoms with Gasteiger partial charge in [0.15, 0.2) is 5.69 Å². The van der Waals surface area contributed by atoms with Gasteiger partial charge in [0, 0.05) is 28.4 Å². The molecule has 7 nitrogen and oxygen atoms in total. The Balaban J connectivity index is 1.65. The van der Waals surface area contributed by atoms with Gasteiger partial charge >= 0.3 is 0 Å². The fourth-order valence-corrected chi connectivity index (χ4v) is 3.65. The number of halogens is 1. The lowest BCUT2D eigenvalue weighted by Crippen LogP contribution is -2.02. The number of thioether (sulfide) groups is 1. The molecule has 0 aliphatic carbocycles. The fourth-order valence-electron chi connectivity index (χ4n) is 3.19. The van der Waals surface area contributed by atoms with Crippen LogP contribution in [0.4, 0.5) is 4.39 Å². The molecule has 0 radical (unpaired) electrons. The van der Waals surface area contributed by atoms with Crippen LogP contribution in [0.25, 0.3) is 39.9 Å². The summed E-state index contributed by atoms with van der Waals surface area (Å²) in [5, 5.41) is 12.5. The molecule has 2 aromatic carbocycles. The van der Waals surface area contributed by atoms with E-state index in [2.05, 4.69) is 25.4 Å². The first-order chi connectivity index (χ1) is 15.2. The first-order valence-electron chi connectivity index (χ1n) is 9.34. The second kappa shape index (κ2) is 8.11. The predicted octanol–water partition coefficient (Wildman–Crippen LogP) is 4.91. The maximum absolute atomic E-state index is 14.5. The Morgan fingerprint density at radius 1 is 0.968 bits per heavy atom. The summed E-state index contributed by atoms with van der Waals surface area (Å²) in [7, 11) is 0. The molecule has 9 heteroatoms. The second-order valence-corrected chi connectivity index (χ2v) is 7.42. The predicted molar refractivity (Wildman–Crippen MR) is 115 cm³/mol. The lowest BCUT2D eigenvalue weighted by atomic mass is 10.1. The van der Waals surface area contributed by atoms with E-state index >= 15 is 0 Å². The van der Waals surface area contributed by atoms with Crippen LogP contribution in [0.5, 0.6) is 0 Å². The maximum Gasteiger partial charge on any atom is 0.281 e. The van der Waals surface area contributed by atoms with Crippen LogP contribution in [0, 0.1) is 5.82 Å². The van der Waals surface area contributed by atoms with Gasteiger partial charge in [-0.2, -0.15) is 4.98 Å². The molecule has 0 amide bonds.